The van der Waals surface area contributed by atoms with E-state index >= 15 is 0 Å². The molecule has 8 nitrogen and oxygen atoms in total. The van der Waals surface area contributed by atoms with E-state index in [4.69, 9.17) is 4.74 Å². The fourth-order valence-corrected chi connectivity index (χ4v) is 5.33. The summed E-state index contributed by atoms with van der Waals surface area (Å²) in [5.74, 6) is -6.98. The lowest BCUT2D eigenvalue weighted by molar-refractivity contribution is -0.528. The van der Waals surface area contributed by atoms with E-state index in [1.165, 1.54) is 7.11 Å². The van der Waals surface area contributed by atoms with Crippen LogP contribution in [-0.4, -0.2) is 75.0 Å². The molecule has 2 N–H and O–H groups in total. The summed E-state index contributed by atoms with van der Waals surface area (Å²) < 4.78 is 84.8. The van der Waals surface area contributed by atoms with Crippen molar-refractivity contribution in [1.82, 2.24) is 10.0 Å². The molecule has 4 atom stereocenters. The van der Waals surface area contributed by atoms with Crippen molar-refractivity contribution in [3.63, 3.8) is 0 Å². The molecule has 2 fully saturated rings. The van der Waals surface area contributed by atoms with Crippen LogP contribution >= 0.6 is 0 Å². The summed E-state index contributed by atoms with van der Waals surface area (Å²) in [6.07, 6.45) is -4.50. The SMILES string of the molecule is COC1CCC(NC(=O)C(F)(F)C(F)F)CC1S(=O)(=O)N[C@@H]1CC[N+](=[N-])C1. The van der Waals surface area contributed by atoms with Crippen molar-refractivity contribution in [3.05, 3.63) is 5.53 Å². The molecule has 0 radical (unpaired) electrons. The molecule has 1 saturated carbocycles. The molecule has 13 heteroatoms. The van der Waals surface area contributed by atoms with E-state index in [0.717, 1.165) is 4.70 Å². The summed E-state index contributed by atoms with van der Waals surface area (Å²) in [5.41, 5.74) is 9.36. The van der Waals surface area contributed by atoms with E-state index in [9.17, 15) is 36.3 Å². The molecule has 156 valence electrons. The quantitative estimate of drug-likeness (QED) is 0.468. The van der Waals surface area contributed by atoms with Gasteiger partial charge in [-0.25, -0.2) is 21.9 Å². The minimum atomic E-state index is -4.85. The average molecular weight is 418 g/mol. The minimum Gasteiger partial charge on any atom is -0.507 e. The van der Waals surface area contributed by atoms with Crippen molar-refractivity contribution >= 4 is 15.9 Å². The number of carbonyl (C=O) groups excluding carboxylic acids is 1. The van der Waals surface area contributed by atoms with Crippen molar-refractivity contribution < 1.29 is 40.2 Å². The number of nitrogens with zero attached hydrogens (tertiary/aromatic N) is 2. The Balaban J connectivity index is 2.07. The van der Waals surface area contributed by atoms with Crippen LogP contribution in [0, 0.1) is 0 Å². The number of nitrogens with one attached hydrogen (secondary N) is 2. The fraction of sp³-hybridized carbons (Fsp3) is 0.929. The fourth-order valence-electron chi connectivity index (χ4n) is 3.37. The van der Waals surface area contributed by atoms with Gasteiger partial charge in [-0.05, 0) is 19.3 Å². The Bertz CT molecular complexity index is 676. The van der Waals surface area contributed by atoms with Crippen LogP contribution in [0.2, 0.25) is 0 Å². The topological polar surface area (TPSA) is 110 Å². The Hall–Kier alpha value is -1.34. The highest BCUT2D eigenvalue weighted by atomic mass is 32.2. The molecular weight excluding hydrogens is 396 g/mol. The second kappa shape index (κ2) is 8.35. The molecule has 2 rings (SSSR count). The highest BCUT2D eigenvalue weighted by Gasteiger charge is 2.50. The first-order chi connectivity index (χ1) is 12.5. The minimum absolute atomic E-state index is 0.102. The summed E-state index contributed by atoms with van der Waals surface area (Å²) >= 11 is 0. The van der Waals surface area contributed by atoms with Crippen molar-refractivity contribution in [2.75, 3.05) is 20.2 Å². The highest BCUT2D eigenvalue weighted by Crippen LogP contribution is 2.29. The summed E-state index contributed by atoms with van der Waals surface area (Å²) in [6, 6.07) is -1.52. The van der Waals surface area contributed by atoms with Crippen LogP contribution in [0.4, 0.5) is 17.6 Å². The van der Waals surface area contributed by atoms with Crippen LogP contribution in [0.25, 0.3) is 5.53 Å². The second-order valence-corrected chi connectivity index (χ2v) is 8.71. The van der Waals surface area contributed by atoms with Gasteiger partial charge in [0.25, 0.3) is 5.91 Å². The first-order valence-corrected chi connectivity index (χ1v) is 9.96. The van der Waals surface area contributed by atoms with Crippen LogP contribution in [0.1, 0.15) is 25.7 Å². The lowest BCUT2D eigenvalue weighted by atomic mass is 9.92. The monoisotopic (exact) mass is 418 g/mol. The van der Waals surface area contributed by atoms with E-state index in [1.54, 1.807) is 0 Å². The van der Waals surface area contributed by atoms with E-state index in [2.05, 4.69) is 4.72 Å². The summed E-state index contributed by atoms with van der Waals surface area (Å²) in [7, 11) is -2.66. The number of methoxy groups -OCH3 is 1. The maximum atomic E-state index is 13.1. The van der Waals surface area contributed by atoms with Gasteiger partial charge in [0.05, 0.1) is 12.1 Å². The lowest BCUT2D eigenvalue weighted by Crippen LogP contribution is -2.55. The molecule has 1 aliphatic heterocycles. The number of halogens is 4. The summed E-state index contributed by atoms with van der Waals surface area (Å²) in [6.45, 7) is 0.400. The number of carbonyl (C=O) groups is 1. The van der Waals surface area contributed by atoms with Crippen LogP contribution in [0.15, 0.2) is 0 Å². The van der Waals surface area contributed by atoms with Gasteiger partial charge in [0, 0.05) is 19.6 Å². The van der Waals surface area contributed by atoms with Gasteiger partial charge in [0.1, 0.15) is 18.3 Å². The first kappa shape index (κ1) is 22.0. The summed E-state index contributed by atoms with van der Waals surface area (Å²) in [4.78, 5) is 11.4. The Kier molecular flexibility index (Phi) is 6.79. The van der Waals surface area contributed by atoms with Gasteiger partial charge in [-0.1, -0.05) is 0 Å². The molecule has 0 spiro atoms. The number of hydrogen-bond donors (Lipinski definition) is 2. The average Bonchev–Trinajstić information content (AvgIpc) is 2.98. The van der Waals surface area contributed by atoms with Crippen molar-refractivity contribution in [2.24, 2.45) is 0 Å². The van der Waals surface area contributed by atoms with E-state index < -0.39 is 51.7 Å². The normalized spacial score (nSPS) is 29.9. The number of amides is 1. The van der Waals surface area contributed by atoms with Crippen molar-refractivity contribution in [1.29, 1.82) is 0 Å². The van der Waals surface area contributed by atoms with E-state index in [0.29, 0.717) is 13.0 Å². The number of hydrogen-bond acceptors (Lipinski definition) is 4. The van der Waals surface area contributed by atoms with Gasteiger partial charge in [0.2, 0.25) is 10.0 Å². The molecule has 1 amide bonds. The standard InChI is InChI=1S/C14H22F4N4O4S/c1-26-10-3-2-8(20-13(23)14(17,18)12(15)16)6-11(10)27(24,25)21-9-4-5-22(19)7-9/h8-12,21H,2-7H2,1H3,(H,20,23)/t8?,9-,10?,11?/m1/s1. The largest absolute Gasteiger partial charge is 0.507 e. The first-order valence-electron chi connectivity index (χ1n) is 8.42. The third-order valence-electron chi connectivity index (χ3n) is 4.84. The number of sulfonamides is 1. The zero-order chi connectivity index (χ0) is 20.4. The lowest BCUT2D eigenvalue weighted by Gasteiger charge is -2.36. The van der Waals surface area contributed by atoms with Gasteiger partial charge in [0.15, 0.2) is 0 Å². The summed E-state index contributed by atoms with van der Waals surface area (Å²) in [5, 5.41) is 0.665. The van der Waals surface area contributed by atoms with Crippen LogP contribution in [0.5, 0.6) is 0 Å². The third-order valence-corrected chi connectivity index (χ3v) is 6.80. The molecule has 0 bridgehead atoms. The van der Waals surface area contributed by atoms with E-state index in [1.807, 2.05) is 5.32 Å². The smallest absolute Gasteiger partial charge is 0.383 e. The maximum Gasteiger partial charge on any atom is 0.383 e. The molecule has 0 aromatic heterocycles. The predicted molar refractivity (Wildman–Crippen MR) is 85.1 cm³/mol. The highest BCUT2D eigenvalue weighted by molar-refractivity contribution is 7.90. The number of ether oxygens (including phenoxy) is 1. The molecular formula is C14H22F4N4O4S. The molecule has 0 aromatic carbocycles. The van der Waals surface area contributed by atoms with Gasteiger partial charge in [-0.3, -0.25) is 4.79 Å². The maximum absolute atomic E-state index is 13.1. The molecule has 1 aliphatic carbocycles. The van der Waals surface area contributed by atoms with Crippen LogP contribution < -0.4 is 10.0 Å². The number of rotatable bonds is 7. The molecule has 2 aliphatic rings. The number of alkyl halides is 4. The Morgan fingerprint density at radius 1 is 1.26 bits per heavy atom. The van der Waals surface area contributed by atoms with Gasteiger partial charge >= 0.3 is 12.3 Å². The van der Waals surface area contributed by atoms with Crippen LogP contribution in [-0.2, 0) is 19.6 Å². The predicted octanol–water partition coefficient (Wildman–Crippen LogP) is 0.665. The second-order valence-electron chi connectivity index (χ2n) is 6.78. The molecule has 27 heavy (non-hydrogen) atoms. The van der Waals surface area contributed by atoms with Crippen LogP contribution in [0.3, 0.4) is 0 Å². The molecule has 0 aromatic rings. The van der Waals surface area contributed by atoms with Gasteiger partial charge in [-0.15, -0.1) is 0 Å². The molecule has 1 heterocycles. The Morgan fingerprint density at radius 3 is 2.44 bits per heavy atom. The van der Waals surface area contributed by atoms with Crippen molar-refractivity contribution in [2.45, 2.75) is 61.5 Å². The van der Waals surface area contributed by atoms with E-state index in [-0.39, 0.29) is 25.8 Å². The third kappa shape index (κ3) is 5.13. The molecule has 1 saturated heterocycles. The Morgan fingerprint density at radius 2 is 1.93 bits per heavy atom. The van der Waals surface area contributed by atoms with Gasteiger partial charge in [-0.2, -0.15) is 8.78 Å². The zero-order valence-corrected chi connectivity index (χ0v) is 15.4. The van der Waals surface area contributed by atoms with Crippen molar-refractivity contribution in [3.8, 4) is 0 Å². The Labute approximate surface area is 154 Å². The van der Waals surface area contributed by atoms with Gasteiger partial charge < -0.3 is 20.3 Å². The molecule has 3 unspecified atom stereocenters. The zero-order valence-electron chi connectivity index (χ0n) is 14.6.